The molecule has 0 radical (unpaired) electrons. The fourth-order valence-electron chi connectivity index (χ4n) is 1.83. The van der Waals surface area contributed by atoms with Crippen LogP contribution in [0.15, 0.2) is 18.2 Å². The monoisotopic (exact) mass is 191 g/mol. The zero-order valence-corrected chi connectivity index (χ0v) is 7.53. The van der Waals surface area contributed by atoms with E-state index in [1.807, 2.05) is 0 Å². The van der Waals surface area contributed by atoms with Gasteiger partial charge in [0.2, 0.25) is 0 Å². The van der Waals surface area contributed by atoms with E-state index in [1.54, 1.807) is 12.1 Å². The summed E-state index contributed by atoms with van der Waals surface area (Å²) >= 11 is 0. The minimum Gasteiger partial charge on any atom is -0.294 e. The van der Waals surface area contributed by atoms with Crippen molar-refractivity contribution < 1.29 is 9.72 Å². The van der Waals surface area contributed by atoms with Crippen LogP contribution in [0.4, 0.5) is 5.69 Å². The largest absolute Gasteiger partial charge is 0.294 e. The Morgan fingerprint density at radius 3 is 2.79 bits per heavy atom. The van der Waals surface area contributed by atoms with Crippen LogP contribution in [0.2, 0.25) is 0 Å². The second kappa shape index (κ2) is 3.21. The Morgan fingerprint density at radius 2 is 2.07 bits per heavy atom. The van der Waals surface area contributed by atoms with Gasteiger partial charge in [-0.1, -0.05) is 12.1 Å². The first-order valence-corrected chi connectivity index (χ1v) is 4.49. The molecule has 0 saturated carbocycles. The van der Waals surface area contributed by atoms with Gasteiger partial charge in [0, 0.05) is 12.5 Å². The quantitative estimate of drug-likeness (QED) is 0.504. The van der Waals surface area contributed by atoms with Crippen LogP contribution < -0.4 is 0 Å². The summed E-state index contributed by atoms with van der Waals surface area (Å²) in [5.74, 6) is -0.0986. The number of fused-ring (bicyclic) bond motifs is 1. The molecule has 0 amide bonds. The Morgan fingerprint density at radius 1 is 1.29 bits per heavy atom. The molecule has 0 atom stereocenters. The van der Waals surface area contributed by atoms with E-state index in [2.05, 4.69) is 0 Å². The maximum absolute atomic E-state index is 11.5. The van der Waals surface area contributed by atoms with E-state index < -0.39 is 4.92 Å². The SMILES string of the molecule is O=C1CCCc2cccc([N+](=O)[O-])c21. The molecule has 0 saturated heterocycles. The maximum atomic E-state index is 11.5. The first-order valence-electron chi connectivity index (χ1n) is 4.49. The van der Waals surface area contributed by atoms with Crippen LogP contribution in [-0.4, -0.2) is 10.7 Å². The maximum Gasteiger partial charge on any atom is 0.280 e. The number of hydrogen-bond acceptors (Lipinski definition) is 3. The van der Waals surface area contributed by atoms with Gasteiger partial charge in [-0.15, -0.1) is 0 Å². The molecular weight excluding hydrogens is 182 g/mol. The van der Waals surface area contributed by atoms with Gasteiger partial charge >= 0.3 is 0 Å². The Bertz CT molecular complexity index is 412. The Balaban J connectivity index is 2.63. The highest BCUT2D eigenvalue weighted by Crippen LogP contribution is 2.28. The fourth-order valence-corrected chi connectivity index (χ4v) is 1.83. The first-order chi connectivity index (χ1) is 6.70. The number of Topliss-reactive ketones (excluding diaryl/α,β-unsaturated/α-hetero) is 1. The summed E-state index contributed by atoms with van der Waals surface area (Å²) in [4.78, 5) is 21.7. The van der Waals surface area contributed by atoms with Gasteiger partial charge in [0.25, 0.3) is 5.69 Å². The van der Waals surface area contributed by atoms with E-state index in [-0.39, 0.29) is 11.5 Å². The number of nitro groups is 1. The molecule has 1 aromatic carbocycles. The molecule has 4 heteroatoms. The van der Waals surface area contributed by atoms with Crippen LogP contribution in [0.25, 0.3) is 0 Å². The molecule has 0 bridgehead atoms. The smallest absolute Gasteiger partial charge is 0.280 e. The number of nitro benzene ring substituents is 1. The highest BCUT2D eigenvalue weighted by Gasteiger charge is 2.25. The highest BCUT2D eigenvalue weighted by atomic mass is 16.6. The van der Waals surface area contributed by atoms with E-state index in [0.29, 0.717) is 12.0 Å². The topological polar surface area (TPSA) is 60.2 Å². The van der Waals surface area contributed by atoms with Crippen molar-refractivity contribution in [2.75, 3.05) is 0 Å². The van der Waals surface area contributed by atoms with Crippen LogP contribution in [0, 0.1) is 10.1 Å². The molecule has 0 aromatic heterocycles. The predicted molar refractivity (Wildman–Crippen MR) is 50.4 cm³/mol. The summed E-state index contributed by atoms with van der Waals surface area (Å²) in [6.07, 6.45) is 1.99. The zero-order valence-electron chi connectivity index (χ0n) is 7.53. The molecule has 0 heterocycles. The van der Waals surface area contributed by atoms with E-state index in [0.717, 1.165) is 18.4 Å². The van der Waals surface area contributed by atoms with E-state index in [1.165, 1.54) is 6.07 Å². The van der Waals surface area contributed by atoms with E-state index >= 15 is 0 Å². The summed E-state index contributed by atoms with van der Waals surface area (Å²) in [6, 6.07) is 4.82. The van der Waals surface area contributed by atoms with Crippen LogP contribution in [0.1, 0.15) is 28.8 Å². The number of carbonyl (C=O) groups excluding carboxylic acids is 1. The molecular formula is C10H9NO3. The number of benzene rings is 1. The number of nitrogens with zero attached hydrogens (tertiary/aromatic N) is 1. The lowest BCUT2D eigenvalue weighted by Gasteiger charge is -2.13. The Hall–Kier alpha value is -1.71. The number of carbonyl (C=O) groups is 1. The van der Waals surface area contributed by atoms with Crippen LogP contribution in [0.5, 0.6) is 0 Å². The van der Waals surface area contributed by atoms with Crippen molar-refractivity contribution in [2.45, 2.75) is 19.3 Å². The van der Waals surface area contributed by atoms with Crippen molar-refractivity contribution in [1.29, 1.82) is 0 Å². The van der Waals surface area contributed by atoms with Gasteiger partial charge in [0.05, 0.1) is 10.5 Å². The van der Waals surface area contributed by atoms with Crippen molar-refractivity contribution in [3.63, 3.8) is 0 Å². The number of rotatable bonds is 1. The summed E-state index contributed by atoms with van der Waals surface area (Å²) in [6.45, 7) is 0. The molecule has 4 nitrogen and oxygen atoms in total. The average Bonchev–Trinajstić information content (AvgIpc) is 2.17. The van der Waals surface area contributed by atoms with Crippen molar-refractivity contribution in [1.82, 2.24) is 0 Å². The molecule has 72 valence electrons. The molecule has 0 unspecified atom stereocenters. The van der Waals surface area contributed by atoms with Crippen LogP contribution in [-0.2, 0) is 6.42 Å². The second-order valence-corrected chi connectivity index (χ2v) is 3.35. The second-order valence-electron chi connectivity index (χ2n) is 3.35. The molecule has 14 heavy (non-hydrogen) atoms. The molecule has 0 N–H and O–H groups in total. The fraction of sp³-hybridized carbons (Fsp3) is 0.300. The molecule has 0 spiro atoms. The third-order valence-corrected chi connectivity index (χ3v) is 2.45. The first kappa shape index (κ1) is 8.87. The van der Waals surface area contributed by atoms with Crippen molar-refractivity contribution in [2.24, 2.45) is 0 Å². The summed E-state index contributed by atoms with van der Waals surface area (Å²) in [5.41, 5.74) is 1.09. The van der Waals surface area contributed by atoms with E-state index in [4.69, 9.17) is 0 Å². The van der Waals surface area contributed by atoms with Gasteiger partial charge in [-0.2, -0.15) is 0 Å². The summed E-state index contributed by atoms with van der Waals surface area (Å²) in [5, 5.41) is 10.7. The number of ketones is 1. The van der Waals surface area contributed by atoms with Crippen LogP contribution in [0.3, 0.4) is 0 Å². The van der Waals surface area contributed by atoms with Gasteiger partial charge in [-0.3, -0.25) is 14.9 Å². The lowest BCUT2D eigenvalue weighted by atomic mass is 9.89. The normalized spacial score (nSPS) is 15.0. The predicted octanol–water partition coefficient (Wildman–Crippen LogP) is 2.11. The van der Waals surface area contributed by atoms with Gasteiger partial charge in [-0.05, 0) is 18.4 Å². The minimum atomic E-state index is -0.484. The number of hydrogen-bond donors (Lipinski definition) is 0. The lowest BCUT2D eigenvalue weighted by Crippen LogP contribution is -2.13. The van der Waals surface area contributed by atoms with Crippen molar-refractivity contribution >= 4 is 11.5 Å². The highest BCUT2D eigenvalue weighted by molar-refractivity contribution is 6.02. The molecule has 1 aliphatic rings. The van der Waals surface area contributed by atoms with Gasteiger partial charge in [-0.25, -0.2) is 0 Å². The van der Waals surface area contributed by atoms with Gasteiger partial charge in [0.15, 0.2) is 5.78 Å². The average molecular weight is 191 g/mol. The zero-order chi connectivity index (χ0) is 10.1. The molecule has 0 aliphatic heterocycles. The van der Waals surface area contributed by atoms with Crippen molar-refractivity contribution in [3.8, 4) is 0 Å². The van der Waals surface area contributed by atoms with Gasteiger partial charge < -0.3 is 0 Å². The van der Waals surface area contributed by atoms with Gasteiger partial charge in [0.1, 0.15) is 0 Å². The Kier molecular flexibility index (Phi) is 2.04. The third kappa shape index (κ3) is 1.28. The van der Waals surface area contributed by atoms with E-state index in [9.17, 15) is 14.9 Å². The minimum absolute atomic E-state index is 0.0489. The third-order valence-electron chi connectivity index (χ3n) is 2.45. The number of aryl methyl sites for hydroxylation is 1. The molecule has 1 aromatic rings. The molecule has 1 aliphatic carbocycles. The van der Waals surface area contributed by atoms with Crippen LogP contribution >= 0.6 is 0 Å². The standard InChI is InChI=1S/C10H9NO3/c12-9-6-2-4-7-3-1-5-8(10(7)9)11(13)14/h1,3,5H,2,4,6H2. The van der Waals surface area contributed by atoms with Crippen molar-refractivity contribution in [3.05, 3.63) is 39.4 Å². The lowest BCUT2D eigenvalue weighted by molar-refractivity contribution is -0.385. The Labute approximate surface area is 80.7 Å². The summed E-state index contributed by atoms with van der Waals surface area (Å²) in [7, 11) is 0. The summed E-state index contributed by atoms with van der Waals surface area (Å²) < 4.78 is 0. The molecule has 0 fully saturated rings. The molecule has 2 rings (SSSR count).